The molecule has 0 spiro atoms. The predicted molar refractivity (Wildman–Crippen MR) is 110 cm³/mol. The van der Waals surface area contributed by atoms with E-state index < -0.39 is 0 Å². The fourth-order valence-electron chi connectivity index (χ4n) is 3.63. The minimum absolute atomic E-state index is 0.0994. The molecule has 0 saturated carbocycles. The second-order valence-electron chi connectivity index (χ2n) is 7.12. The zero-order valence-corrected chi connectivity index (χ0v) is 15.9. The summed E-state index contributed by atoms with van der Waals surface area (Å²) in [4.78, 5) is 21.9. The summed E-state index contributed by atoms with van der Waals surface area (Å²) in [6.45, 7) is 3.83. The van der Waals surface area contributed by atoms with Gasteiger partial charge in [-0.25, -0.2) is 4.98 Å². The van der Waals surface area contributed by atoms with Crippen molar-refractivity contribution >= 4 is 28.5 Å². The van der Waals surface area contributed by atoms with Crippen molar-refractivity contribution < 1.29 is 0 Å². The van der Waals surface area contributed by atoms with E-state index in [0.717, 1.165) is 49.6 Å². The first kappa shape index (κ1) is 18.0. The van der Waals surface area contributed by atoms with E-state index in [1.807, 2.05) is 36.4 Å². The summed E-state index contributed by atoms with van der Waals surface area (Å²) < 4.78 is 0. The van der Waals surface area contributed by atoms with Crippen LogP contribution in [0.2, 0.25) is 5.02 Å². The largest absolute Gasteiger partial charge is 0.355 e. The van der Waals surface area contributed by atoms with Crippen LogP contribution in [-0.4, -0.2) is 34.5 Å². The van der Waals surface area contributed by atoms with E-state index >= 15 is 0 Å². The molecule has 27 heavy (non-hydrogen) atoms. The maximum absolute atomic E-state index is 12.1. The molecule has 2 N–H and O–H groups in total. The lowest BCUT2D eigenvalue weighted by molar-refractivity contribution is 0.182. The molecule has 0 radical (unpaired) electrons. The molecule has 2 aromatic carbocycles. The highest BCUT2D eigenvalue weighted by Crippen LogP contribution is 2.22. The van der Waals surface area contributed by atoms with Gasteiger partial charge in [-0.05, 0) is 55.6 Å². The SMILES string of the molecule is O=c1[nH]c(NCC2CCN(Cc3ccccc3Cl)CC2)nc2ccccc12. The summed E-state index contributed by atoms with van der Waals surface area (Å²) in [5.74, 6) is 1.13. The molecule has 1 aliphatic heterocycles. The number of likely N-dealkylation sites (tertiary alicyclic amines) is 1. The van der Waals surface area contributed by atoms with E-state index in [2.05, 4.69) is 26.3 Å². The van der Waals surface area contributed by atoms with Gasteiger partial charge in [0.2, 0.25) is 5.95 Å². The van der Waals surface area contributed by atoms with Crippen LogP contribution in [0.25, 0.3) is 10.9 Å². The molecule has 1 aromatic heterocycles. The monoisotopic (exact) mass is 382 g/mol. The third-order valence-electron chi connectivity index (χ3n) is 5.23. The van der Waals surface area contributed by atoms with Crippen molar-refractivity contribution in [3.8, 4) is 0 Å². The van der Waals surface area contributed by atoms with Crippen molar-refractivity contribution in [2.45, 2.75) is 19.4 Å². The summed E-state index contributed by atoms with van der Waals surface area (Å²) in [5, 5.41) is 4.78. The summed E-state index contributed by atoms with van der Waals surface area (Å²) in [6, 6.07) is 15.4. The zero-order chi connectivity index (χ0) is 18.6. The highest BCUT2D eigenvalue weighted by molar-refractivity contribution is 6.31. The van der Waals surface area contributed by atoms with Crippen LogP contribution in [-0.2, 0) is 6.54 Å². The van der Waals surface area contributed by atoms with Crippen LogP contribution in [0.15, 0.2) is 53.3 Å². The molecule has 4 rings (SSSR count). The molecule has 6 heteroatoms. The van der Waals surface area contributed by atoms with Crippen molar-refractivity contribution in [2.24, 2.45) is 5.92 Å². The Bertz CT molecular complexity index is 979. The van der Waals surface area contributed by atoms with Gasteiger partial charge in [0.15, 0.2) is 0 Å². The van der Waals surface area contributed by atoms with Gasteiger partial charge in [0.25, 0.3) is 5.56 Å². The van der Waals surface area contributed by atoms with Crippen LogP contribution in [0.3, 0.4) is 0 Å². The van der Waals surface area contributed by atoms with Crippen molar-refractivity contribution in [3.63, 3.8) is 0 Å². The highest BCUT2D eigenvalue weighted by Gasteiger charge is 2.20. The van der Waals surface area contributed by atoms with Crippen LogP contribution in [0.5, 0.6) is 0 Å². The standard InChI is InChI=1S/C21H23ClN4O/c22-18-7-3-1-5-16(18)14-26-11-9-15(10-12-26)13-23-21-24-19-8-4-2-6-17(19)20(27)25-21/h1-8,15H,9-14H2,(H2,23,24,25,27). The molecule has 0 unspecified atom stereocenters. The number of halogens is 1. The van der Waals surface area contributed by atoms with Crippen molar-refractivity contribution in [3.05, 3.63) is 69.5 Å². The molecule has 0 atom stereocenters. The maximum atomic E-state index is 12.1. The Kier molecular flexibility index (Phi) is 5.41. The van der Waals surface area contributed by atoms with Gasteiger partial charge in [-0.2, -0.15) is 0 Å². The highest BCUT2D eigenvalue weighted by atomic mass is 35.5. The molecule has 0 amide bonds. The first-order valence-electron chi connectivity index (χ1n) is 9.38. The fourth-order valence-corrected chi connectivity index (χ4v) is 3.82. The number of nitrogens with one attached hydrogen (secondary N) is 2. The minimum Gasteiger partial charge on any atom is -0.355 e. The van der Waals surface area contributed by atoms with Gasteiger partial charge in [0.1, 0.15) is 0 Å². The Hall–Kier alpha value is -2.37. The van der Waals surface area contributed by atoms with Gasteiger partial charge in [0, 0.05) is 18.1 Å². The molecule has 1 saturated heterocycles. The van der Waals surface area contributed by atoms with Crippen LogP contribution >= 0.6 is 11.6 Å². The number of nitrogens with zero attached hydrogens (tertiary/aromatic N) is 2. The molecule has 0 aliphatic carbocycles. The minimum atomic E-state index is -0.0994. The molecule has 3 aromatic rings. The normalized spacial score (nSPS) is 15.9. The van der Waals surface area contributed by atoms with E-state index in [1.165, 1.54) is 5.56 Å². The Morgan fingerprint density at radius 1 is 1.11 bits per heavy atom. The lowest BCUT2D eigenvalue weighted by atomic mass is 9.96. The number of rotatable bonds is 5. The van der Waals surface area contributed by atoms with Crippen LogP contribution in [0, 0.1) is 5.92 Å². The van der Waals surface area contributed by atoms with Gasteiger partial charge >= 0.3 is 0 Å². The van der Waals surface area contributed by atoms with Crippen molar-refractivity contribution in [2.75, 3.05) is 25.0 Å². The number of H-pyrrole nitrogens is 1. The van der Waals surface area contributed by atoms with E-state index in [-0.39, 0.29) is 5.56 Å². The summed E-state index contributed by atoms with van der Waals surface area (Å²) >= 11 is 6.27. The number of fused-ring (bicyclic) bond motifs is 1. The topological polar surface area (TPSA) is 61.0 Å². The molecular weight excluding hydrogens is 360 g/mol. The first-order chi connectivity index (χ1) is 13.2. The average molecular weight is 383 g/mol. The van der Waals surface area contributed by atoms with Gasteiger partial charge in [-0.15, -0.1) is 0 Å². The van der Waals surface area contributed by atoms with Crippen molar-refractivity contribution in [1.29, 1.82) is 0 Å². The number of aromatic nitrogens is 2. The van der Waals surface area contributed by atoms with Gasteiger partial charge in [-0.1, -0.05) is 41.9 Å². The van der Waals surface area contributed by atoms with Crippen LogP contribution in [0.1, 0.15) is 18.4 Å². The van der Waals surface area contributed by atoms with E-state index in [9.17, 15) is 4.79 Å². The quantitative estimate of drug-likeness (QED) is 0.702. The summed E-state index contributed by atoms with van der Waals surface area (Å²) in [7, 11) is 0. The number of anilines is 1. The predicted octanol–water partition coefficient (Wildman–Crippen LogP) is 3.90. The van der Waals surface area contributed by atoms with Gasteiger partial charge in [0.05, 0.1) is 10.9 Å². The Balaban J connectivity index is 1.31. The second kappa shape index (κ2) is 8.11. The summed E-state index contributed by atoms with van der Waals surface area (Å²) in [5.41, 5.74) is 1.81. The van der Waals surface area contributed by atoms with Crippen LogP contribution < -0.4 is 10.9 Å². The van der Waals surface area contributed by atoms with E-state index in [0.29, 0.717) is 17.3 Å². The number of aromatic amines is 1. The molecule has 1 aliphatic rings. The smallest absolute Gasteiger partial charge is 0.260 e. The second-order valence-corrected chi connectivity index (χ2v) is 7.53. The molecule has 0 bridgehead atoms. The third-order valence-corrected chi connectivity index (χ3v) is 5.60. The Labute approximate surface area is 163 Å². The molecule has 140 valence electrons. The Morgan fingerprint density at radius 3 is 2.67 bits per heavy atom. The van der Waals surface area contributed by atoms with Crippen LogP contribution in [0.4, 0.5) is 5.95 Å². The van der Waals surface area contributed by atoms with Crippen molar-refractivity contribution in [1.82, 2.24) is 14.9 Å². The number of para-hydroxylation sites is 1. The average Bonchev–Trinajstić information content (AvgIpc) is 2.69. The summed E-state index contributed by atoms with van der Waals surface area (Å²) in [6.07, 6.45) is 2.24. The first-order valence-corrected chi connectivity index (χ1v) is 9.75. The maximum Gasteiger partial charge on any atom is 0.260 e. The molecule has 1 fully saturated rings. The molecule has 5 nitrogen and oxygen atoms in total. The number of piperidine rings is 1. The number of hydrogen-bond donors (Lipinski definition) is 2. The fraction of sp³-hybridized carbons (Fsp3) is 0.333. The van der Waals surface area contributed by atoms with E-state index in [4.69, 9.17) is 11.6 Å². The lowest BCUT2D eigenvalue weighted by Crippen LogP contribution is -2.35. The number of benzene rings is 2. The zero-order valence-electron chi connectivity index (χ0n) is 15.1. The van der Waals surface area contributed by atoms with Gasteiger partial charge in [-0.3, -0.25) is 14.7 Å². The lowest BCUT2D eigenvalue weighted by Gasteiger charge is -2.32. The van der Waals surface area contributed by atoms with Gasteiger partial charge < -0.3 is 5.32 Å². The Morgan fingerprint density at radius 2 is 1.85 bits per heavy atom. The third kappa shape index (κ3) is 4.31. The number of hydrogen-bond acceptors (Lipinski definition) is 4. The molecule has 2 heterocycles. The molecular formula is C21H23ClN4O. The van der Waals surface area contributed by atoms with E-state index in [1.54, 1.807) is 6.07 Å².